The van der Waals surface area contributed by atoms with Crippen LogP contribution in [0.3, 0.4) is 0 Å². The number of amides is 2. The Kier molecular flexibility index (Phi) is 5.27. The zero-order valence-corrected chi connectivity index (χ0v) is 14.1. The highest BCUT2D eigenvalue weighted by Crippen LogP contribution is 2.29. The van der Waals surface area contributed by atoms with Crippen molar-refractivity contribution in [2.45, 2.75) is 33.1 Å². The highest BCUT2D eigenvalue weighted by atomic mass is 16.5. The van der Waals surface area contributed by atoms with Crippen LogP contribution in [0.15, 0.2) is 48.5 Å². The first-order chi connectivity index (χ1) is 10.9. The van der Waals surface area contributed by atoms with E-state index in [2.05, 4.69) is 31.4 Å². The summed E-state index contributed by atoms with van der Waals surface area (Å²) in [7, 11) is 0. The quantitative estimate of drug-likeness (QED) is 0.832. The first kappa shape index (κ1) is 16.9. The first-order valence-corrected chi connectivity index (χ1v) is 7.81. The second-order valence-corrected chi connectivity index (χ2v) is 6.30. The number of nitrogens with one attached hydrogen (secondary N) is 2. The molecule has 0 heterocycles. The molecule has 0 aliphatic carbocycles. The number of anilines is 2. The lowest BCUT2D eigenvalue weighted by molar-refractivity contribution is 0.262. The van der Waals surface area contributed by atoms with E-state index in [0.29, 0.717) is 18.0 Å². The Balaban J connectivity index is 2.15. The van der Waals surface area contributed by atoms with Crippen molar-refractivity contribution in [3.63, 3.8) is 0 Å². The van der Waals surface area contributed by atoms with Gasteiger partial charge in [0.25, 0.3) is 0 Å². The Labute approximate surface area is 137 Å². The summed E-state index contributed by atoms with van der Waals surface area (Å²) in [5, 5.41) is 5.78. The Bertz CT molecular complexity index is 675. The second-order valence-electron chi connectivity index (χ2n) is 6.30. The Morgan fingerprint density at radius 2 is 1.52 bits per heavy atom. The molecule has 0 spiro atoms. The van der Waals surface area contributed by atoms with Crippen molar-refractivity contribution in [3.05, 3.63) is 54.1 Å². The number of rotatable bonds is 4. The highest BCUT2D eigenvalue weighted by Gasteiger charge is 2.18. The molecule has 0 aliphatic rings. The largest absolute Gasteiger partial charge is 0.492 e. The Morgan fingerprint density at radius 3 is 2.17 bits per heavy atom. The van der Waals surface area contributed by atoms with Crippen LogP contribution in [-0.2, 0) is 5.41 Å². The lowest BCUT2D eigenvalue weighted by Crippen LogP contribution is -2.23. The predicted octanol–water partition coefficient (Wildman–Crippen LogP) is 5.03. The van der Waals surface area contributed by atoms with Crippen LogP contribution < -0.4 is 15.4 Å². The van der Waals surface area contributed by atoms with E-state index in [-0.39, 0.29) is 11.4 Å². The van der Waals surface area contributed by atoms with Crippen LogP contribution in [0.1, 0.15) is 33.3 Å². The predicted molar refractivity (Wildman–Crippen MR) is 95.4 cm³/mol. The number of carbonyl (C=O) groups is 1. The van der Waals surface area contributed by atoms with Gasteiger partial charge in [-0.05, 0) is 36.1 Å². The van der Waals surface area contributed by atoms with Crippen LogP contribution in [-0.4, -0.2) is 12.6 Å². The molecule has 2 aromatic carbocycles. The fraction of sp³-hybridized carbons (Fsp3) is 0.316. The van der Waals surface area contributed by atoms with Crippen LogP contribution in [0, 0.1) is 0 Å². The van der Waals surface area contributed by atoms with Crippen molar-refractivity contribution in [1.82, 2.24) is 0 Å². The van der Waals surface area contributed by atoms with E-state index in [9.17, 15) is 4.79 Å². The molecule has 0 radical (unpaired) electrons. The lowest BCUT2D eigenvalue weighted by atomic mass is 9.86. The number of carbonyl (C=O) groups excluding carboxylic acids is 1. The van der Waals surface area contributed by atoms with Crippen LogP contribution >= 0.6 is 0 Å². The van der Waals surface area contributed by atoms with Crippen LogP contribution in [0.5, 0.6) is 5.75 Å². The maximum atomic E-state index is 12.3. The minimum absolute atomic E-state index is 0.0485. The molecule has 0 aliphatic heterocycles. The van der Waals surface area contributed by atoms with Gasteiger partial charge in [0, 0.05) is 5.69 Å². The van der Waals surface area contributed by atoms with Gasteiger partial charge in [-0.2, -0.15) is 0 Å². The molecule has 2 amide bonds. The van der Waals surface area contributed by atoms with Gasteiger partial charge in [-0.3, -0.25) is 0 Å². The maximum absolute atomic E-state index is 12.3. The van der Waals surface area contributed by atoms with Gasteiger partial charge >= 0.3 is 6.03 Å². The standard InChI is InChI=1S/C19H24N2O2/c1-5-23-17-13-9-8-12-16(17)21-18(22)20-15-11-7-6-10-14(15)19(2,3)4/h6-13H,5H2,1-4H3,(H2,20,21,22). The van der Waals surface area contributed by atoms with E-state index < -0.39 is 0 Å². The molecule has 0 saturated heterocycles. The second kappa shape index (κ2) is 7.18. The molecule has 0 bridgehead atoms. The van der Waals surface area contributed by atoms with E-state index in [1.54, 1.807) is 0 Å². The minimum Gasteiger partial charge on any atom is -0.492 e. The van der Waals surface area contributed by atoms with Gasteiger partial charge in [0.2, 0.25) is 0 Å². The molecule has 0 saturated carbocycles. The average Bonchev–Trinajstić information content (AvgIpc) is 2.49. The van der Waals surface area contributed by atoms with Crippen molar-refractivity contribution < 1.29 is 9.53 Å². The van der Waals surface area contributed by atoms with Crippen molar-refractivity contribution in [2.75, 3.05) is 17.2 Å². The molecule has 4 heteroatoms. The van der Waals surface area contributed by atoms with Crippen molar-refractivity contribution in [2.24, 2.45) is 0 Å². The molecule has 23 heavy (non-hydrogen) atoms. The molecular formula is C19H24N2O2. The van der Waals surface area contributed by atoms with Gasteiger partial charge in [-0.1, -0.05) is 51.1 Å². The number of hydrogen-bond acceptors (Lipinski definition) is 2. The number of ether oxygens (including phenoxy) is 1. The topological polar surface area (TPSA) is 50.4 Å². The number of para-hydroxylation sites is 3. The normalized spacial score (nSPS) is 11.0. The molecular weight excluding hydrogens is 288 g/mol. The molecule has 122 valence electrons. The fourth-order valence-electron chi connectivity index (χ4n) is 2.37. The van der Waals surface area contributed by atoms with E-state index in [1.165, 1.54) is 0 Å². The fourth-order valence-corrected chi connectivity index (χ4v) is 2.37. The highest BCUT2D eigenvalue weighted by molar-refractivity contribution is 6.01. The molecule has 0 unspecified atom stereocenters. The summed E-state index contributed by atoms with van der Waals surface area (Å²) in [6.45, 7) is 8.82. The molecule has 2 aromatic rings. The third kappa shape index (κ3) is 4.49. The summed E-state index contributed by atoms with van der Waals surface area (Å²) < 4.78 is 5.52. The number of hydrogen-bond donors (Lipinski definition) is 2. The summed E-state index contributed by atoms with van der Waals surface area (Å²) >= 11 is 0. The van der Waals surface area contributed by atoms with E-state index in [0.717, 1.165) is 11.3 Å². The summed E-state index contributed by atoms with van der Waals surface area (Å²) in [5.41, 5.74) is 2.51. The molecule has 0 atom stereocenters. The maximum Gasteiger partial charge on any atom is 0.323 e. The minimum atomic E-state index is -0.283. The molecule has 0 fully saturated rings. The lowest BCUT2D eigenvalue weighted by Gasteiger charge is -2.23. The van der Waals surface area contributed by atoms with Gasteiger partial charge in [-0.25, -0.2) is 4.79 Å². The summed E-state index contributed by atoms with van der Waals surface area (Å²) in [6.07, 6.45) is 0. The zero-order chi connectivity index (χ0) is 16.9. The van der Waals surface area contributed by atoms with E-state index in [4.69, 9.17) is 4.74 Å². The van der Waals surface area contributed by atoms with Crippen molar-refractivity contribution in [1.29, 1.82) is 0 Å². The van der Waals surface area contributed by atoms with Gasteiger partial charge in [0.15, 0.2) is 0 Å². The van der Waals surface area contributed by atoms with Gasteiger partial charge in [0.1, 0.15) is 5.75 Å². The van der Waals surface area contributed by atoms with Crippen LogP contribution in [0.4, 0.5) is 16.2 Å². The van der Waals surface area contributed by atoms with Gasteiger partial charge in [0.05, 0.1) is 12.3 Å². The SMILES string of the molecule is CCOc1ccccc1NC(=O)Nc1ccccc1C(C)(C)C. The summed E-state index contributed by atoms with van der Waals surface area (Å²) in [4.78, 5) is 12.3. The summed E-state index contributed by atoms with van der Waals surface area (Å²) in [6, 6.07) is 15.0. The zero-order valence-electron chi connectivity index (χ0n) is 14.1. The number of benzene rings is 2. The number of urea groups is 1. The van der Waals surface area contributed by atoms with Crippen LogP contribution in [0.25, 0.3) is 0 Å². The molecule has 2 rings (SSSR count). The molecule has 4 nitrogen and oxygen atoms in total. The third-order valence-corrected chi connectivity index (χ3v) is 3.42. The van der Waals surface area contributed by atoms with Gasteiger partial charge in [-0.15, -0.1) is 0 Å². The Morgan fingerprint density at radius 1 is 0.957 bits per heavy atom. The van der Waals surface area contributed by atoms with Gasteiger partial charge < -0.3 is 15.4 Å². The van der Waals surface area contributed by atoms with Crippen molar-refractivity contribution in [3.8, 4) is 5.75 Å². The Hall–Kier alpha value is -2.49. The smallest absolute Gasteiger partial charge is 0.323 e. The summed E-state index contributed by atoms with van der Waals surface area (Å²) in [5.74, 6) is 0.661. The first-order valence-electron chi connectivity index (χ1n) is 7.81. The molecule has 0 aromatic heterocycles. The third-order valence-electron chi connectivity index (χ3n) is 3.42. The van der Waals surface area contributed by atoms with E-state index in [1.807, 2.05) is 55.5 Å². The molecule has 2 N–H and O–H groups in total. The van der Waals surface area contributed by atoms with Crippen LogP contribution in [0.2, 0.25) is 0 Å². The monoisotopic (exact) mass is 312 g/mol. The van der Waals surface area contributed by atoms with Crippen molar-refractivity contribution >= 4 is 17.4 Å². The average molecular weight is 312 g/mol. The van der Waals surface area contributed by atoms with E-state index >= 15 is 0 Å².